The minimum atomic E-state index is -0.482. The molecule has 80 valence electrons. The highest BCUT2D eigenvalue weighted by molar-refractivity contribution is 5.96. The van der Waals surface area contributed by atoms with E-state index < -0.39 is 36.0 Å². The summed E-state index contributed by atoms with van der Waals surface area (Å²) in [5, 5.41) is 0. The van der Waals surface area contributed by atoms with Crippen LogP contribution in [-0.4, -0.2) is 5.78 Å². The first kappa shape index (κ1) is 6.00. The normalized spacial score (nSPS) is 14.4. The second kappa shape index (κ2) is 5.26. The standard InChI is InChI=1S/C15H14O/c16-15(14-9-5-2-6-10-14)12-11-13-7-3-1-4-8-13/h1-10H,11-12H2/i2D,5D,6D,9D,10D. The van der Waals surface area contributed by atoms with Crippen molar-refractivity contribution in [1.29, 1.82) is 0 Å². The van der Waals surface area contributed by atoms with Gasteiger partial charge in [-0.15, -0.1) is 0 Å². The Kier molecular flexibility index (Phi) is 1.97. The molecule has 0 aromatic heterocycles. The van der Waals surface area contributed by atoms with Gasteiger partial charge in [-0.2, -0.15) is 0 Å². The van der Waals surface area contributed by atoms with Crippen LogP contribution >= 0.6 is 0 Å². The molecule has 2 aromatic rings. The van der Waals surface area contributed by atoms with E-state index in [1.165, 1.54) is 0 Å². The molecule has 0 heterocycles. The van der Waals surface area contributed by atoms with Gasteiger partial charge in [0.05, 0.1) is 6.85 Å². The smallest absolute Gasteiger partial charge is 0.163 e. The van der Waals surface area contributed by atoms with E-state index in [1.807, 2.05) is 30.3 Å². The fraction of sp³-hybridized carbons (Fsp3) is 0.133. The summed E-state index contributed by atoms with van der Waals surface area (Å²) in [6, 6.07) is 7.08. The lowest BCUT2D eigenvalue weighted by Crippen LogP contribution is -2.00. The van der Waals surface area contributed by atoms with Crippen molar-refractivity contribution in [3.8, 4) is 0 Å². The third kappa shape index (κ3) is 2.80. The fourth-order valence-electron chi connectivity index (χ4n) is 1.42. The van der Waals surface area contributed by atoms with Crippen molar-refractivity contribution in [3.05, 3.63) is 71.7 Å². The number of carbonyl (C=O) groups is 1. The summed E-state index contributed by atoms with van der Waals surface area (Å²) in [5.74, 6) is -0.434. The zero-order valence-corrected chi connectivity index (χ0v) is 8.71. The summed E-state index contributed by atoms with van der Waals surface area (Å²) >= 11 is 0. The molecule has 2 rings (SSSR count). The topological polar surface area (TPSA) is 17.1 Å². The molecule has 0 spiro atoms. The Balaban J connectivity index is 2.28. The number of hydrogen-bond donors (Lipinski definition) is 0. The summed E-state index contributed by atoms with van der Waals surface area (Å²) in [6.45, 7) is 0. The van der Waals surface area contributed by atoms with E-state index in [9.17, 15) is 4.79 Å². The summed E-state index contributed by atoms with van der Waals surface area (Å²) in [7, 11) is 0. The van der Waals surface area contributed by atoms with Gasteiger partial charge in [0.2, 0.25) is 0 Å². The Morgan fingerprint density at radius 2 is 1.75 bits per heavy atom. The molecule has 0 N–H and O–H groups in total. The summed E-state index contributed by atoms with van der Waals surface area (Å²) in [5.41, 5.74) is 0.746. The maximum atomic E-state index is 12.2. The molecular formula is C15H14O. The van der Waals surface area contributed by atoms with Gasteiger partial charge in [0.1, 0.15) is 0 Å². The molecule has 16 heavy (non-hydrogen) atoms. The molecule has 0 saturated heterocycles. The second-order valence-corrected chi connectivity index (χ2v) is 3.41. The van der Waals surface area contributed by atoms with Crippen LogP contribution in [0.2, 0.25) is 0 Å². The molecule has 0 aliphatic heterocycles. The monoisotopic (exact) mass is 215 g/mol. The Bertz CT molecular complexity index is 653. The minimum absolute atomic E-state index is 0.109. The molecule has 0 bridgehead atoms. The van der Waals surface area contributed by atoms with Gasteiger partial charge >= 0.3 is 0 Å². The van der Waals surface area contributed by atoms with E-state index >= 15 is 0 Å². The summed E-state index contributed by atoms with van der Waals surface area (Å²) in [6.07, 6.45) is 0.583. The van der Waals surface area contributed by atoms with Crippen LogP contribution < -0.4 is 0 Å². The van der Waals surface area contributed by atoms with Crippen LogP contribution in [0.25, 0.3) is 0 Å². The van der Waals surface area contributed by atoms with Gasteiger partial charge in [-0.3, -0.25) is 4.79 Å². The van der Waals surface area contributed by atoms with Gasteiger partial charge in [-0.1, -0.05) is 60.5 Å². The Morgan fingerprint density at radius 3 is 2.44 bits per heavy atom. The van der Waals surface area contributed by atoms with Crippen molar-refractivity contribution >= 4 is 5.78 Å². The van der Waals surface area contributed by atoms with E-state index in [0.29, 0.717) is 6.42 Å². The van der Waals surface area contributed by atoms with E-state index in [4.69, 9.17) is 6.85 Å². The summed E-state index contributed by atoms with van der Waals surface area (Å²) < 4.78 is 38.1. The van der Waals surface area contributed by atoms with Gasteiger partial charge < -0.3 is 0 Å². The zero-order chi connectivity index (χ0) is 15.6. The maximum Gasteiger partial charge on any atom is 0.163 e. The molecule has 1 nitrogen and oxygen atoms in total. The molecule has 0 amide bonds. The number of rotatable bonds is 4. The first-order valence-electron chi connectivity index (χ1n) is 7.57. The third-order valence-electron chi connectivity index (χ3n) is 2.26. The Labute approximate surface area is 103 Å². The molecule has 0 saturated carbocycles. The van der Waals surface area contributed by atoms with Gasteiger partial charge in [0.25, 0.3) is 0 Å². The molecule has 0 aliphatic carbocycles. The van der Waals surface area contributed by atoms with E-state index in [1.54, 1.807) is 0 Å². The number of hydrogen-bond acceptors (Lipinski definition) is 1. The van der Waals surface area contributed by atoms with Crippen LogP contribution in [0.3, 0.4) is 0 Å². The lowest BCUT2D eigenvalue weighted by molar-refractivity contribution is 0.0983. The average Bonchev–Trinajstić information content (AvgIpc) is 2.50. The van der Waals surface area contributed by atoms with Crippen LogP contribution in [0.15, 0.2) is 60.5 Å². The highest BCUT2D eigenvalue weighted by Crippen LogP contribution is 2.07. The number of aryl methyl sites for hydroxylation is 1. The van der Waals surface area contributed by atoms with Gasteiger partial charge in [0, 0.05) is 12.0 Å². The van der Waals surface area contributed by atoms with Crippen molar-refractivity contribution in [1.82, 2.24) is 0 Å². The van der Waals surface area contributed by atoms with Crippen molar-refractivity contribution in [2.45, 2.75) is 12.8 Å². The lowest BCUT2D eigenvalue weighted by Gasteiger charge is -2.01. The number of ketones is 1. The van der Waals surface area contributed by atoms with Crippen molar-refractivity contribution in [2.24, 2.45) is 0 Å². The second-order valence-electron chi connectivity index (χ2n) is 3.41. The van der Waals surface area contributed by atoms with E-state index in [2.05, 4.69) is 0 Å². The Hall–Kier alpha value is -1.89. The average molecular weight is 215 g/mol. The molecule has 0 aliphatic rings. The number of Topliss-reactive ketones (excluding diaryl/α,β-unsaturated/α-hetero) is 1. The predicted octanol–water partition coefficient (Wildman–Crippen LogP) is 3.50. The first-order chi connectivity index (χ1) is 9.93. The zero-order valence-electron chi connectivity index (χ0n) is 13.7. The maximum absolute atomic E-state index is 12.2. The van der Waals surface area contributed by atoms with Crippen LogP contribution in [0.4, 0.5) is 0 Å². The molecule has 0 radical (unpaired) electrons. The predicted molar refractivity (Wildman–Crippen MR) is 65.5 cm³/mol. The SMILES string of the molecule is [2H]c1c([2H])c([2H])c(C(=O)CCc2ccccc2)c([2H])c1[2H]. The van der Waals surface area contributed by atoms with Crippen molar-refractivity contribution in [2.75, 3.05) is 0 Å². The van der Waals surface area contributed by atoms with Crippen LogP contribution in [0.1, 0.15) is 29.2 Å². The fourth-order valence-corrected chi connectivity index (χ4v) is 1.42. The lowest BCUT2D eigenvalue weighted by atomic mass is 10.0. The van der Waals surface area contributed by atoms with E-state index in [-0.39, 0.29) is 12.0 Å². The van der Waals surface area contributed by atoms with Crippen molar-refractivity contribution in [3.63, 3.8) is 0 Å². The third-order valence-corrected chi connectivity index (χ3v) is 2.26. The minimum Gasteiger partial charge on any atom is -0.294 e. The van der Waals surface area contributed by atoms with Gasteiger partial charge in [-0.25, -0.2) is 0 Å². The first-order valence-corrected chi connectivity index (χ1v) is 5.07. The van der Waals surface area contributed by atoms with Crippen LogP contribution in [0, 0.1) is 0 Å². The van der Waals surface area contributed by atoms with Gasteiger partial charge in [-0.05, 0) is 12.0 Å². The van der Waals surface area contributed by atoms with Crippen molar-refractivity contribution < 1.29 is 11.6 Å². The molecule has 1 heteroatoms. The molecular weight excluding hydrogens is 196 g/mol. The molecule has 0 unspecified atom stereocenters. The van der Waals surface area contributed by atoms with Crippen LogP contribution in [-0.2, 0) is 6.42 Å². The van der Waals surface area contributed by atoms with E-state index in [0.717, 1.165) is 5.56 Å². The molecule has 2 aromatic carbocycles. The van der Waals surface area contributed by atoms with Gasteiger partial charge in [0.15, 0.2) is 5.78 Å². The quantitative estimate of drug-likeness (QED) is 0.713. The summed E-state index contributed by atoms with van der Waals surface area (Å²) in [4.78, 5) is 12.2. The highest BCUT2D eigenvalue weighted by Gasteiger charge is 2.04. The highest BCUT2D eigenvalue weighted by atomic mass is 16.1. The van der Waals surface area contributed by atoms with Crippen LogP contribution in [0.5, 0.6) is 0 Å². The largest absolute Gasteiger partial charge is 0.294 e. The number of benzene rings is 2. The molecule has 0 atom stereocenters. The molecule has 0 fully saturated rings. The number of carbonyl (C=O) groups excluding carboxylic acids is 1. The Morgan fingerprint density at radius 1 is 1.06 bits per heavy atom.